The molecule has 0 atom stereocenters. The quantitative estimate of drug-likeness (QED) is 0.822. The first-order valence-electron chi connectivity index (χ1n) is 5.54. The van der Waals surface area contributed by atoms with Crippen LogP contribution in [0, 0.1) is 18.6 Å². The van der Waals surface area contributed by atoms with Gasteiger partial charge >= 0.3 is 0 Å². The van der Waals surface area contributed by atoms with Crippen molar-refractivity contribution in [2.45, 2.75) is 6.92 Å². The summed E-state index contributed by atoms with van der Waals surface area (Å²) >= 11 is 0. The highest BCUT2D eigenvalue weighted by atomic mass is 19.1. The second-order valence-electron chi connectivity index (χ2n) is 4.23. The number of anilines is 3. The van der Waals surface area contributed by atoms with E-state index in [1.165, 1.54) is 4.90 Å². The van der Waals surface area contributed by atoms with Crippen molar-refractivity contribution >= 4 is 17.1 Å². The van der Waals surface area contributed by atoms with Crippen LogP contribution in [0.2, 0.25) is 0 Å². The van der Waals surface area contributed by atoms with Gasteiger partial charge in [0.15, 0.2) is 11.6 Å². The van der Waals surface area contributed by atoms with E-state index in [2.05, 4.69) is 0 Å². The van der Waals surface area contributed by atoms with Crippen LogP contribution in [0.3, 0.4) is 0 Å². The molecule has 0 unspecified atom stereocenters. The lowest BCUT2D eigenvalue weighted by atomic mass is 10.2. The molecular formula is C14H14F2N2. The third-order valence-electron chi connectivity index (χ3n) is 2.76. The van der Waals surface area contributed by atoms with Gasteiger partial charge in [-0.3, -0.25) is 0 Å². The first kappa shape index (κ1) is 12.4. The van der Waals surface area contributed by atoms with Crippen LogP contribution in [-0.4, -0.2) is 7.05 Å². The number of nitrogens with two attached hydrogens (primary N) is 1. The fraction of sp³-hybridized carbons (Fsp3) is 0.143. The van der Waals surface area contributed by atoms with E-state index in [-0.39, 0.29) is 11.4 Å². The van der Waals surface area contributed by atoms with Crippen molar-refractivity contribution < 1.29 is 8.78 Å². The van der Waals surface area contributed by atoms with E-state index in [4.69, 9.17) is 5.73 Å². The molecule has 0 aliphatic carbocycles. The maximum atomic E-state index is 13.8. The fourth-order valence-corrected chi connectivity index (χ4v) is 1.87. The van der Waals surface area contributed by atoms with Gasteiger partial charge in [-0.2, -0.15) is 0 Å². The van der Waals surface area contributed by atoms with Crippen molar-refractivity contribution in [3.8, 4) is 0 Å². The van der Waals surface area contributed by atoms with Gasteiger partial charge in [0.05, 0.1) is 0 Å². The molecule has 0 spiro atoms. The van der Waals surface area contributed by atoms with Crippen molar-refractivity contribution in [3.05, 3.63) is 53.6 Å². The van der Waals surface area contributed by atoms with Crippen LogP contribution in [0.1, 0.15) is 5.56 Å². The molecular weight excluding hydrogens is 234 g/mol. The number of aryl methyl sites for hydroxylation is 1. The Labute approximate surface area is 105 Å². The zero-order chi connectivity index (χ0) is 13.3. The van der Waals surface area contributed by atoms with Crippen molar-refractivity contribution in [1.29, 1.82) is 0 Å². The first-order chi connectivity index (χ1) is 8.49. The van der Waals surface area contributed by atoms with Gasteiger partial charge in [0.2, 0.25) is 0 Å². The minimum absolute atomic E-state index is 0.0754. The van der Waals surface area contributed by atoms with Crippen LogP contribution >= 0.6 is 0 Å². The van der Waals surface area contributed by atoms with Gasteiger partial charge in [0.25, 0.3) is 0 Å². The van der Waals surface area contributed by atoms with Crippen LogP contribution < -0.4 is 10.6 Å². The normalized spacial score (nSPS) is 10.4. The average molecular weight is 248 g/mol. The Kier molecular flexibility index (Phi) is 3.19. The van der Waals surface area contributed by atoms with E-state index in [1.807, 2.05) is 25.1 Å². The Morgan fingerprint density at radius 3 is 2.22 bits per heavy atom. The molecule has 4 heteroatoms. The smallest absolute Gasteiger partial charge is 0.151 e. The van der Waals surface area contributed by atoms with E-state index < -0.39 is 11.6 Å². The SMILES string of the molecule is Cc1cccc(N(C)c2c(F)cc(N)cc2F)c1. The summed E-state index contributed by atoms with van der Waals surface area (Å²) in [6, 6.07) is 9.65. The highest BCUT2D eigenvalue weighted by molar-refractivity contribution is 5.66. The zero-order valence-corrected chi connectivity index (χ0v) is 10.2. The van der Waals surface area contributed by atoms with Gasteiger partial charge in [-0.05, 0) is 36.8 Å². The molecule has 0 aliphatic heterocycles. The minimum atomic E-state index is -0.670. The van der Waals surface area contributed by atoms with Gasteiger partial charge < -0.3 is 10.6 Å². The molecule has 0 amide bonds. The molecule has 2 N–H and O–H groups in total. The average Bonchev–Trinajstić information content (AvgIpc) is 2.27. The summed E-state index contributed by atoms with van der Waals surface area (Å²) in [6.45, 7) is 1.92. The van der Waals surface area contributed by atoms with Gasteiger partial charge in [0.1, 0.15) is 5.69 Å². The summed E-state index contributed by atoms with van der Waals surface area (Å²) in [5.41, 5.74) is 7.11. The van der Waals surface area contributed by atoms with Gasteiger partial charge in [-0.25, -0.2) is 8.78 Å². The standard InChI is InChI=1S/C14H14F2N2/c1-9-4-3-5-11(6-9)18(2)14-12(15)7-10(17)8-13(14)16/h3-8H,17H2,1-2H3. The van der Waals surface area contributed by atoms with Gasteiger partial charge in [-0.15, -0.1) is 0 Å². The number of nitrogen functional groups attached to an aromatic ring is 1. The van der Waals surface area contributed by atoms with Gasteiger partial charge in [-0.1, -0.05) is 12.1 Å². The van der Waals surface area contributed by atoms with Crippen LogP contribution in [-0.2, 0) is 0 Å². The molecule has 0 saturated carbocycles. The van der Waals surface area contributed by atoms with Crippen LogP contribution in [0.25, 0.3) is 0 Å². The van der Waals surface area contributed by atoms with Crippen LogP contribution in [0.15, 0.2) is 36.4 Å². The Bertz CT molecular complexity index is 559. The second kappa shape index (κ2) is 4.64. The number of rotatable bonds is 2. The molecule has 94 valence electrons. The maximum absolute atomic E-state index is 13.8. The van der Waals surface area contributed by atoms with E-state index in [9.17, 15) is 8.78 Å². The number of hydrogen-bond donors (Lipinski definition) is 1. The molecule has 0 radical (unpaired) electrons. The monoisotopic (exact) mass is 248 g/mol. The lowest BCUT2D eigenvalue weighted by molar-refractivity contribution is 0.585. The Morgan fingerprint density at radius 1 is 1.06 bits per heavy atom. The summed E-state index contributed by atoms with van der Waals surface area (Å²) in [7, 11) is 1.62. The number of halogens is 2. The third-order valence-corrected chi connectivity index (χ3v) is 2.76. The van der Waals surface area contributed by atoms with E-state index in [1.54, 1.807) is 13.1 Å². The first-order valence-corrected chi connectivity index (χ1v) is 5.54. The van der Waals surface area contributed by atoms with E-state index >= 15 is 0 Å². The molecule has 0 aromatic heterocycles. The molecule has 0 heterocycles. The highest BCUT2D eigenvalue weighted by Crippen LogP contribution is 2.30. The second-order valence-corrected chi connectivity index (χ2v) is 4.23. The summed E-state index contributed by atoms with van der Waals surface area (Å²) in [5, 5.41) is 0. The van der Waals surface area contributed by atoms with Crippen LogP contribution in [0.4, 0.5) is 25.8 Å². The Morgan fingerprint density at radius 2 is 1.67 bits per heavy atom. The topological polar surface area (TPSA) is 29.3 Å². The molecule has 2 rings (SSSR count). The molecule has 0 bridgehead atoms. The number of benzene rings is 2. The minimum Gasteiger partial charge on any atom is -0.399 e. The molecule has 2 aromatic carbocycles. The van der Waals surface area contributed by atoms with Crippen molar-refractivity contribution in [2.75, 3.05) is 17.7 Å². The Balaban J connectivity index is 2.49. The van der Waals surface area contributed by atoms with Crippen molar-refractivity contribution in [2.24, 2.45) is 0 Å². The predicted molar refractivity (Wildman–Crippen MR) is 70.0 cm³/mol. The molecule has 0 aliphatic rings. The molecule has 18 heavy (non-hydrogen) atoms. The molecule has 0 fully saturated rings. The van der Waals surface area contributed by atoms with Crippen molar-refractivity contribution in [1.82, 2.24) is 0 Å². The largest absolute Gasteiger partial charge is 0.399 e. The highest BCUT2D eigenvalue weighted by Gasteiger charge is 2.15. The van der Waals surface area contributed by atoms with Crippen molar-refractivity contribution in [3.63, 3.8) is 0 Å². The maximum Gasteiger partial charge on any atom is 0.151 e. The van der Waals surface area contributed by atoms with Gasteiger partial charge in [0, 0.05) is 18.4 Å². The summed E-state index contributed by atoms with van der Waals surface area (Å²) < 4.78 is 27.6. The van der Waals surface area contributed by atoms with E-state index in [0.717, 1.165) is 23.4 Å². The number of nitrogens with zero attached hydrogens (tertiary/aromatic N) is 1. The molecule has 0 saturated heterocycles. The fourth-order valence-electron chi connectivity index (χ4n) is 1.87. The summed E-state index contributed by atoms with van der Waals surface area (Å²) in [5.74, 6) is -1.34. The zero-order valence-electron chi connectivity index (χ0n) is 10.2. The van der Waals surface area contributed by atoms with Crippen LogP contribution in [0.5, 0.6) is 0 Å². The lowest BCUT2D eigenvalue weighted by Crippen LogP contribution is -2.13. The summed E-state index contributed by atoms with van der Waals surface area (Å²) in [4.78, 5) is 1.47. The molecule has 2 nitrogen and oxygen atoms in total. The van der Waals surface area contributed by atoms with E-state index in [0.29, 0.717) is 0 Å². The third kappa shape index (κ3) is 2.27. The molecule has 2 aromatic rings. The summed E-state index contributed by atoms with van der Waals surface area (Å²) in [6.07, 6.45) is 0. The number of hydrogen-bond acceptors (Lipinski definition) is 2. The lowest BCUT2D eigenvalue weighted by Gasteiger charge is -2.21. The predicted octanol–water partition coefficient (Wildman–Crippen LogP) is 3.62. The Hall–Kier alpha value is -2.10.